The molecule has 8 nitrogen and oxygen atoms in total. The van der Waals surface area contributed by atoms with E-state index < -0.39 is 0 Å². The topological polar surface area (TPSA) is 85.0 Å². The summed E-state index contributed by atoms with van der Waals surface area (Å²) in [6.07, 6.45) is 2.20. The smallest absolute Gasteiger partial charge is 0.253 e. The van der Waals surface area contributed by atoms with Gasteiger partial charge in [-0.25, -0.2) is 0 Å². The zero-order valence-electron chi connectivity index (χ0n) is 18.0. The average molecular weight is 416 g/mol. The highest BCUT2D eigenvalue weighted by Gasteiger charge is 2.25. The van der Waals surface area contributed by atoms with Crippen molar-refractivity contribution in [1.82, 2.24) is 20.0 Å². The first kappa shape index (κ1) is 22.2. The van der Waals surface area contributed by atoms with E-state index in [0.717, 1.165) is 39.0 Å². The molecule has 2 N–H and O–H groups in total. The third-order valence-electron chi connectivity index (χ3n) is 5.59. The first-order valence-electron chi connectivity index (χ1n) is 10.9. The molecule has 1 saturated carbocycles. The van der Waals surface area contributed by atoms with Gasteiger partial charge in [0, 0.05) is 56.6 Å². The second-order valence-electron chi connectivity index (χ2n) is 8.00. The normalized spacial score (nSPS) is 17.4. The first-order chi connectivity index (χ1) is 14.5. The van der Waals surface area contributed by atoms with E-state index in [4.69, 9.17) is 0 Å². The van der Waals surface area contributed by atoms with Gasteiger partial charge in [-0.15, -0.1) is 0 Å². The Morgan fingerprint density at radius 2 is 1.57 bits per heavy atom. The molecule has 3 rings (SSSR count). The summed E-state index contributed by atoms with van der Waals surface area (Å²) in [4.78, 5) is 42.9. The maximum absolute atomic E-state index is 12.5. The van der Waals surface area contributed by atoms with Crippen molar-refractivity contribution >= 4 is 23.4 Å². The molecule has 1 aliphatic heterocycles. The van der Waals surface area contributed by atoms with Gasteiger partial charge in [0.2, 0.25) is 11.8 Å². The lowest BCUT2D eigenvalue weighted by Gasteiger charge is -2.33. The third-order valence-corrected chi connectivity index (χ3v) is 5.59. The van der Waals surface area contributed by atoms with Crippen LogP contribution in [0, 0.1) is 0 Å². The minimum Gasteiger partial charge on any atom is -0.352 e. The minimum atomic E-state index is -0.0950. The van der Waals surface area contributed by atoms with Crippen LogP contribution in [-0.2, 0) is 9.59 Å². The summed E-state index contributed by atoms with van der Waals surface area (Å²) in [7, 11) is 0. The van der Waals surface area contributed by atoms with Crippen molar-refractivity contribution in [2.45, 2.75) is 32.7 Å². The van der Waals surface area contributed by atoms with Crippen LogP contribution in [0.5, 0.6) is 0 Å². The van der Waals surface area contributed by atoms with Crippen LogP contribution in [0.2, 0.25) is 0 Å². The fraction of sp³-hybridized carbons (Fsp3) is 0.591. The lowest BCUT2D eigenvalue weighted by molar-refractivity contribution is -0.123. The van der Waals surface area contributed by atoms with E-state index in [1.54, 1.807) is 29.2 Å². The lowest BCUT2D eigenvalue weighted by atomic mass is 10.1. The number of piperazine rings is 1. The number of hydrogen-bond acceptors (Lipinski definition) is 5. The van der Waals surface area contributed by atoms with Gasteiger partial charge < -0.3 is 15.5 Å². The molecule has 1 aromatic rings. The SMILES string of the molecule is CCN(CC)C(=O)c1cccc(NC(=O)CN2CCN(CC(=O)NC3CC3)CC2)c1. The Hall–Kier alpha value is -2.45. The maximum atomic E-state index is 12.5. The van der Waals surface area contributed by atoms with Crippen LogP contribution in [0.4, 0.5) is 5.69 Å². The number of nitrogens with zero attached hydrogens (tertiary/aromatic N) is 3. The predicted molar refractivity (Wildman–Crippen MR) is 116 cm³/mol. The van der Waals surface area contributed by atoms with E-state index in [9.17, 15) is 14.4 Å². The van der Waals surface area contributed by atoms with Crippen LogP contribution in [-0.4, -0.2) is 90.8 Å². The van der Waals surface area contributed by atoms with Crippen molar-refractivity contribution in [3.8, 4) is 0 Å². The van der Waals surface area contributed by atoms with Crippen LogP contribution in [0.3, 0.4) is 0 Å². The van der Waals surface area contributed by atoms with E-state index >= 15 is 0 Å². The summed E-state index contributed by atoms with van der Waals surface area (Å²) in [6.45, 7) is 9.01. The van der Waals surface area contributed by atoms with Gasteiger partial charge in [0.05, 0.1) is 13.1 Å². The fourth-order valence-corrected chi connectivity index (χ4v) is 3.64. The van der Waals surface area contributed by atoms with E-state index in [0.29, 0.717) is 43.5 Å². The molecule has 30 heavy (non-hydrogen) atoms. The van der Waals surface area contributed by atoms with Gasteiger partial charge in [-0.1, -0.05) is 6.07 Å². The van der Waals surface area contributed by atoms with E-state index in [1.165, 1.54) is 0 Å². The molecule has 164 valence electrons. The molecule has 1 heterocycles. The van der Waals surface area contributed by atoms with Crippen LogP contribution >= 0.6 is 0 Å². The van der Waals surface area contributed by atoms with Gasteiger partial charge in [0.25, 0.3) is 5.91 Å². The largest absolute Gasteiger partial charge is 0.352 e. The highest BCUT2D eigenvalue weighted by Crippen LogP contribution is 2.18. The van der Waals surface area contributed by atoms with Crippen LogP contribution in [0.1, 0.15) is 37.0 Å². The number of benzene rings is 1. The molecule has 0 bridgehead atoms. The molecule has 8 heteroatoms. The first-order valence-corrected chi connectivity index (χ1v) is 10.9. The van der Waals surface area contributed by atoms with Crippen molar-refractivity contribution < 1.29 is 14.4 Å². The van der Waals surface area contributed by atoms with Crippen molar-refractivity contribution in [3.63, 3.8) is 0 Å². The summed E-state index contributed by atoms with van der Waals surface area (Å²) in [5.41, 5.74) is 1.21. The summed E-state index contributed by atoms with van der Waals surface area (Å²) >= 11 is 0. The molecule has 1 aliphatic carbocycles. The molecule has 0 atom stereocenters. The molecule has 1 saturated heterocycles. The number of nitrogens with one attached hydrogen (secondary N) is 2. The molecule has 0 aromatic heterocycles. The number of anilines is 1. The van der Waals surface area contributed by atoms with Crippen LogP contribution in [0.15, 0.2) is 24.3 Å². The molecular formula is C22H33N5O3. The van der Waals surface area contributed by atoms with Crippen molar-refractivity contribution in [2.24, 2.45) is 0 Å². The molecule has 2 aliphatic rings. The Morgan fingerprint density at radius 1 is 0.967 bits per heavy atom. The van der Waals surface area contributed by atoms with Crippen molar-refractivity contribution in [3.05, 3.63) is 29.8 Å². The van der Waals surface area contributed by atoms with Gasteiger partial charge in [0.15, 0.2) is 0 Å². The molecule has 2 fully saturated rings. The zero-order chi connectivity index (χ0) is 21.5. The third kappa shape index (κ3) is 6.53. The maximum Gasteiger partial charge on any atom is 0.253 e. The number of rotatable bonds is 9. The van der Waals surface area contributed by atoms with Crippen molar-refractivity contribution in [1.29, 1.82) is 0 Å². The molecule has 1 aromatic carbocycles. The van der Waals surface area contributed by atoms with E-state index in [1.807, 2.05) is 13.8 Å². The lowest BCUT2D eigenvalue weighted by Crippen LogP contribution is -2.51. The molecule has 0 unspecified atom stereocenters. The molecular weight excluding hydrogens is 382 g/mol. The number of carbonyl (C=O) groups is 3. The number of carbonyl (C=O) groups excluding carboxylic acids is 3. The Labute approximate surface area is 178 Å². The molecule has 0 radical (unpaired) electrons. The monoisotopic (exact) mass is 415 g/mol. The second kappa shape index (κ2) is 10.5. The highest BCUT2D eigenvalue weighted by molar-refractivity contribution is 5.97. The van der Waals surface area contributed by atoms with Crippen LogP contribution in [0.25, 0.3) is 0 Å². The molecule has 3 amide bonds. The van der Waals surface area contributed by atoms with Crippen molar-refractivity contribution in [2.75, 3.05) is 57.7 Å². The predicted octanol–water partition coefficient (Wildman–Crippen LogP) is 1.00. The average Bonchev–Trinajstić information content (AvgIpc) is 3.54. The summed E-state index contributed by atoms with van der Waals surface area (Å²) in [5, 5.41) is 5.92. The number of hydrogen-bond donors (Lipinski definition) is 2. The second-order valence-corrected chi connectivity index (χ2v) is 8.00. The van der Waals surface area contributed by atoms with E-state index in [-0.39, 0.29) is 17.7 Å². The fourth-order valence-electron chi connectivity index (χ4n) is 3.64. The zero-order valence-corrected chi connectivity index (χ0v) is 18.0. The minimum absolute atomic E-state index is 0.0297. The Kier molecular flexibility index (Phi) is 7.81. The quantitative estimate of drug-likeness (QED) is 0.629. The molecule has 0 spiro atoms. The standard InChI is InChI=1S/C22H33N5O3/c1-3-27(4-2)22(30)17-6-5-7-19(14-17)24-21(29)16-26-12-10-25(11-13-26)15-20(28)23-18-8-9-18/h5-7,14,18H,3-4,8-13,15-16H2,1-2H3,(H,23,28)(H,24,29). The Bertz CT molecular complexity index is 753. The van der Waals surface area contributed by atoms with Gasteiger partial charge in [0.1, 0.15) is 0 Å². The van der Waals surface area contributed by atoms with Gasteiger partial charge >= 0.3 is 0 Å². The van der Waals surface area contributed by atoms with Gasteiger partial charge in [-0.2, -0.15) is 0 Å². The summed E-state index contributed by atoms with van der Waals surface area (Å²) < 4.78 is 0. The summed E-state index contributed by atoms with van der Waals surface area (Å²) in [5.74, 6) is -0.0249. The Morgan fingerprint density at radius 3 is 2.13 bits per heavy atom. The number of amides is 3. The highest BCUT2D eigenvalue weighted by atomic mass is 16.2. The summed E-state index contributed by atoms with van der Waals surface area (Å²) in [6, 6.07) is 7.48. The van der Waals surface area contributed by atoms with Gasteiger partial charge in [-0.05, 0) is 44.9 Å². The van der Waals surface area contributed by atoms with Crippen LogP contribution < -0.4 is 10.6 Å². The van der Waals surface area contributed by atoms with E-state index in [2.05, 4.69) is 20.4 Å². The van der Waals surface area contributed by atoms with Gasteiger partial charge in [-0.3, -0.25) is 24.2 Å². The Balaban J connectivity index is 1.43.